The van der Waals surface area contributed by atoms with Crippen LogP contribution in [0.3, 0.4) is 0 Å². The minimum atomic E-state index is -0.162. The highest BCUT2D eigenvalue weighted by Gasteiger charge is 2.15. The van der Waals surface area contributed by atoms with Crippen molar-refractivity contribution < 1.29 is 9.21 Å². The summed E-state index contributed by atoms with van der Waals surface area (Å²) in [6.45, 7) is 0. The predicted octanol–water partition coefficient (Wildman–Crippen LogP) is 3.23. The van der Waals surface area contributed by atoms with Crippen molar-refractivity contribution in [2.75, 3.05) is 0 Å². The zero-order valence-corrected chi connectivity index (χ0v) is 8.06. The van der Waals surface area contributed by atoms with E-state index in [0.717, 1.165) is 0 Å². The van der Waals surface area contributed by atoms with E-state index in [9.17, 15) is 4.79 Å². The van der Waals surface area contributed by atoms with E-state index in [2.05, 4.69) is 0 Å². The lowest BCUT2D eigenvalue weighted by Crippen LogP contribution is -1.96. The van der Waals surface area contributed by atoms with Crippen LogP contribution in [-0.4, -0.2) is 5.78 Å². The van der Waals surface area contributed by atoms with Crippen LogP contribution in [0.5, 0.6) is 0 Å². The lowest BCUT2D eigenvalue weighted by atomic mass is 10.2. The molecule has 13 heavy (non-hydrogen) atoms. The van der Waals surface area contributed by atoms with Crippen molar-refractivity contribution in [3.8, 4) is 0 Å². The smallest absolute Gasteiger partial charge is 0.239 e. The molecule has 2 nitrogen and oxygen atoms in total. The zero-order chi connectivity index (χ0) is 9.26. The van der Waals surface area contributed by atoms with Crippen LogP contribution < -0.4 is 0 Å². The van der Waals surface area contributed by atoms with Crippen LogP contribution in [0.2, 0.25) is 5.02 Å². The zero-order valence-electron chi connectivity index (χ0n) is 6.49. The summed E-state index contributed by atoms with van der Waals surface area (Å²) in [7, 11) is 0. The van der Waals surface area contributed by atoms with E-state index in [-0.39, 0.29) is 5.78 Å². The maximum absolute atomic E-state index is 11.6. The highest BCUT2D eigenvalue weighted by atomic mass is 35.5. The molecule has 0 radical (unpaired) electrons. The largest absolute Gasteiger partial charge is 0.461 e. The second-order valence-corrected chi connectivity index (χ2v) is 3.73. The Morgan fingerprint density at radius 2 is 2.31 bits per heavy atom. The lowest BCUT2D eigenvalue weighted by Gasteiger charge is -1.92. The number of hydrogen-bond acceptors (Lipinski definition) is 3. The third-order valence-electron chi connectivity index (χ3n) is 1.57. The lowest BCUT2D eigenvalue weighted by molar-refractivity contribution is 0.101. The van der Waals surface area contributed by atoms with E-state index in [1.54, 1.807) is 23.6 Å². The molecule has 66 valence electrons. The molecule has 4 heteroatoms. The molecule has 0 bridgehead atoms. The van der Waals surface area contributed by atoms with Gasteiger partial charge in [0, 0.05) is 0 Å². The fraction of sp³-hybridized carbons (Fsp3) is 0. The van der Waals surface area contributed by atoms with Gasteiger partial charge in [-0.1, -0.05) is 11.6 Å². The van der Waals surface area contributed by atoms with Crippen molar-refractivity contribution in [2.45, 2.75) is 0 Å². The summed E-state index contributed by atoms with van der Waals surface area (Å²) in [5.41, 5.74) is 0. The number of ketones is 1. The SMILES string of the molecule is O=C(c1ccco1)c1sccc1Cl. The number of thiophene rings is 1. The summed E-state index contributed by atoms with van der Waals surface area (Å²) in [6.07, 6.45) is 1.47. The summed E-state index contributed by atoms with van der Waals surface area (Å²) >= 11 is 7.11. The molecule has 0 fully saturated rings. The maximum Gasteiger partial charge on any atom is 0.239 e. The number of carbonyl (C=O) groups is 1. The van der Waals surface area contributed by atoms with Gasteiger partial charge in [-0.15, -0.1) is 11.3 Å². The molecule has 0 aliphatic rings. The molecule has 2 aromatic heterocycles. The van der Waals surface area contributed by atoms with Crippen LogP contribution in [0.15, 0.2) is 34.3 Å². The molecule has 0 aromatic carbocycles. The summed E-state index contributed by atoms with van der Waals surface area (Å²) in [5, 5.41) is 2.25. The molecule has 2 aromatic rings. The van der Waals surface area contributed by atoms with Gasteiger partial charge in [-0.05, 0) is 23.6 Å². The molecule has 0 unspecified atom stereocenters. The summed E-state index contributed by atoms with van der Waals surface area (Å²) in [5.74, 6) is 0.161. The Morgan fingerprint density at radius 3 is 2.85 bits per heavy atom. The topological polar surface area (TPSA) is 30.2 Å². The van der Waals surface area contributed by atoms with E-state index in [0.29, 0.717) is 15.7 Å². The van der Waals surface area contributed by atoms with Gasteiger partial charge in [0.05, 0.1) is 16.2 Å². The minimum Gasteiger partial charge on any atom is -0.461 e. The molecule has 0 aliphatic heterocycles. The Labute approximate surface area is 83.8 Å². The standard InChI is InChI=1S/C9H5ClO2S/c10-6-3-5-13-9(6)8(11)7-2-1-4-12-7/h1-5H. The fourth-order valence-corrected chi connectivity index (χ4v) is 2.06. The average Bonchev–Trinajstić information content (AvgIpc) is 2.72. The number of rotatable bonds is 2. The molecule has 0 atom stereocenters. The molecule has 0 saturated heterocycles. The van der Waals surface area contributed by atoms with E-state index < -0.39 is 0 Å². The molecular weight excluding hydrogens is 208 g/mol. The van der Waals surface area contributed by atoms with Gasteiger partial charge in [0.1, 0.15) is 0 Å². The van der Waals surface area contributed by atoms with Crippen molar-refractivity contribution in [1.82, 2.24) is 0 Å². The number of carbonyl (C=O) groups excluding carboxylic acids is 1. The molecule has 2 heterocycles. The number of hydrogen-bond donors (Lipinski definition) is 0. The van der Waals surface area contributed by atoms with E-state index in [1.807, 2.05) is 0 Å². The normalized spacial score (nSPS) is 10.2. The molecule has 0 aliphatic carbocycles. The Kier molecular flexibility index (Phi) is 2.20. The van der Waals surface area contributed by atoms with E-state index >= 15 is 0 Å². The van der Waals surface area contributed by atoms with Crippen molar-refractivity contribution in [1.29, 1.82) is 0 Å². The maximum atomic E-state index is 11.6. The van der Waals surface area contributed by atoms with Crippen LogP contribution in [0, 0.1) is 0 Å². The Hall–Kier alpha value is -1.06. The van der Waals surface area contributed by atoms with E-state index in [4.69, 9.17) is 16.0 Å². The first-order chi connectivity index (χ1) is 6.29. The number of halogens is 1. The van der Waals surface area contributed by atoms with Gasteiger partial charge >= 0.3 is 0 Å². The van der Waals surface area contributed by atoms with Gasteiger partial charge in [-0.25, -0.2) is 0 Å². The quantitative estimate of drug-likeness (QED) is 0.716. The fourth-order valence-electron chi connectivity index (χ4n) is 0.975. The average molecular weight is 213 g/mol. The summed E-state index contributed by atoms with van der Waals surface area (Å²) in [4.78, 5) is 12.1. The van der Waals surface area contributed by atoms with Gasteiger partial charge in [0.25, 0.3) is 0 Å². The van der Waals surface area contributed by atoms with Crippen LogP contribution in [0.25, 0.3) is 0 Å². The molecule has 0 spiro atoms. The van der Waals surface area contributed by atoms with Crippen LogP contribution >= 0.6 is 22.9 Å². The third kappa shape index (κ3) is 1.53. The molecule has 0 saturated carbocycles. The Balaban J connectivity index is 2.39. The third-order valence-corrected chi connectivity index (χ3v) is 2.91. The van der Waals surface area contributed by atoms with E-state index in [1.165, 1.54) is 17.6 Å². The van der Waals surface area contributed by atoms with Crippen molar-refractivity contribution in [3.05, 3.63) is 45.5 Å². The highest BCUT2D eigenvalue weighted by Crippen LogP contribution is 2.24. The van der Waals surface area contributed by atoms with Crippen LogP contribution in [0.1, 0.15) is 15.4 Å². The van der Waals surface area contributed by atoms with Gasteiger partial charge in [0.2, 0.25) is 5.78 Å². The second-order valence-electron chi connectivity index (χ2n) is 2.40. The van der Waals surface area contributed by atoms with Gasteiger partial charge in [-0.3, -0.25) is 4.79 Å². The molecular formula is C9H5ClO2S. The second kappa shape index (κ2) is 3.36. The monoisotopic (exact) mass is 212 g/mol. The summed E-state index contributed by atoms with van der Waals surface area (Å²) in [6, 6.07) is 5.00. The molecule has 2 rings (SSSR count). The van der Waals surface area contributed by atoms with Crippen LogP contribution in [0.4, 0.5) is 0 Å². The molecule has 0 N–H and O–H groups in total. The minimum absolute atomic E-state index is 0.162. The first kappa shape index (κ1) is 8.53. The summed E-state index contributed by atoms with van der Waals surface area (Å²) < 4.78 is 4.97. The number of furan rings is 1. The predicted molar refractivity (Wildman–Crippen MR) is 51.5 cm³/mol. The molecule has 0 amide bonds. The highest BCUT2D eigenvalue weighted by molar-refractivity contribution is 7.13. The first-order valence-electron chi connectivity index (χ1n) is 3.60. The Morgan fingerprint density at radius 1 is 1.46 bits per heavy atom. The first-order valence-corrected chi connectivity index (χ1v) is 4.86. The van der Waals surface area contributed by atoms with Crippen molar-refractivity contribution in [2.24, 2.45) is 0 Å². The van der Waals surface area contributed by atoms with Crippen molar-refractivity contribution in [3.63, 3.8) is 0 Å². The Bertz CT molecular complexity index is 417. The van der Waals surface area contributed by atoms with Crippen molar-refractivity contribution >= 4 is 28.7 Å². The van der Waals surface area contributed by atoms with Crippen LogP contribution in [-0.2, 0) is 0 Å². The van der Waals surface area contributed by atoms with Gasteiger partial charge in [-0.2, -0.15) is 0 Å². The van der Waals surface area contributed by atoms with Gasteiger partial charge in [0.15, 0.2) is 5.76 Å². The van der Waals surface area contributed by atoms with Gasteiger partial charge < -0.3 is 4.42 Å².